The van der Waals surface area contributed by atoms with Crippen molar-refractivity contribution < 1.29 is 18.3 Å². The third-order valence-electron chi connectivity index (χ3n) is 2.96. The molecule has 0 saturated heterocycles. The second-order valence-corrected chi connectivity index (χ2v) is 4.82. The van der Waals surface area contributed by atoms with Crippen molar-refractivity contribution in [3.8, 4) is 0 Å². The van der Waals surface area contributed by atoms with Gasteiger partial charge in [0, 0.05) is 24.1 Å². The summed E-state index contributed by atoms with van der Waals surface area (Å²) >= 11 is 3.15. The van der Waals surface area contributed by atoms with Crippen LogP contribution in [0.3, 0.4) is 0 Å². The van der Waals surface area contributed by atoms with E-state index in [-0.39, 0.29) is 12.1 Å². The summed E-state index contributed by atoms with van der Waals surface area (Å²) in [6.07, 6.45) is 0.357. The second-order valence-electron chi connectivity index (χ2n) is 4.10. The molecule has 0 bridgehead atoms. The molecule has 3 N–H and O–H groups in total. The third-order valence-corrected chi connectivity index (χ3v) is 3.61. The fourth-order valence-electron chi connectivity index (χ4n) is 1.96. The lowest BCUT2D eigenvalue weighted by atomic mass is 9.90. The molecule has 3 nitrogen and oxygen atoms in total. The zero-order valence-electron chi connectivity index (χ0n) is 9.82. The molecule has 0 aliphatic heterocycles. The van der Waals surface area contributed by atoms with Gasteiger partial charge in [-0.3, -0.25) is 0 Å². The van der Waals surface area contributed by atoms with Gasteiger partial charge in [0.25, 0.3) is 0 Å². The highest BCUT2D eigenvalue weighted by molar-refractivity contribution is 9.10. The van der Waals surface area contributed by atoms with E-state index < -0.39 is 23.7 Å². The molecule has 0 fully saturated rings. The van der Waals surface area contributed by atoms with Crippen LogP contribution in [-0.4, -0.2) is 11.7 Å². The molecule has 0 spiro atoms. The Morgan fingerprint density at radius 2 is 2.00 bits per heavy atom. The lowest BCUT2D eigenvalue weighted by Gasteiger charge is -2.21. The van der Waals surface area contributed by atoms with Crippen molar-refractivity contribution in [2.75, 3.05) is 6.54 Å². The standard InChI is InChI=1S/C13H12BrF2NO2/c14-13-9(3-4-19-13)12(18)10(6-17)8-2-1-7(15)5-11(8)16/h1-5,10,12,18H,6,17H2. The first kappa shape index (κ1) is 14.2. The zero-order chi connectivity index (χ0) is 14.0. The number of aliphatic hydroxyl groups is 1. The minimum Gasteiger partial charge on any atom is -0.457 e. The number of rotatable bonds is 4. The monoisotopic (exact) mass is 331 g/mol. The molecular formula is C13H12BrF2NO2. The normalized spacial score (nSPS) is 14.4. The van der Waals surface area contributed by atoms with Crippen molar-refractivity contribution in [3.05, 3.63) is 58.0 Å². The van der Waals surface area contributed by atoms with Gasteiger partial charge in [-0.15, -0.1) is 0 Å². The predicted octanol–water partition coefficient (Wildman–Crippen LogP) is 3.10. The number of furan rings is 1. The van der Waals surface area contributed by atoms with Crippen LogP contribution in [-0.2, 0) is 0 Å². The van der Waals surface area contributed by atoms with Gasteiger partial charge in [-0.05, 0) is 33.6 Å². The van der Waals surface area contributed by atoms with Crippen LogP contribution < -0.4 is 5.73 Å². The molecule has 2 unspecified atom stereocenters. The SMILES string of the molecule is NCC(c1ccc(F)cc1F)C(O)c1ccoc1Br. The number of halogens is 3. The molecule has 2 atom stereocenters. The number of hydrogen-bond acceptors (Lipinski definition) is 3. The molecule has 0 saturated carbocycles. The van der Waals surface area contributed by atoms with Gasteiger partial charge in [0.05, 0.1) is 12.4 Å². The van der Waals surface area contributed by atoms with Crippen molar-refractivity contribution in [3.63, 3.8) is 0 Å². The van der Waals surface area contributed by atoms with Crippen LogP contribution in [0.25, 0.3) is 0 Å². The third kappa shape index (κ3) is 2.86. The molecule has 0 aliphatic carbocycles. The maximum absolute atomic E-state index is 13.7. The Morgan fingerprint density at radius 3 is 2.53 bits per heavy atom. The van der Waals surface area contributed by atoms with Crippen LogP contribution in [0.4, 0.5) is 8.78 Å². The van der Waals surface area contributed by atoms with Crippen LogP contribution in [0.5, 0.6) is 0 Å². The Bertz CT molecular complexity index is 574. The van der Waals surface area contributed by atoms with Gasteiger partial charge in [-0.1, -0.05) is 6.07 Å². The molecule has 2 rings (SSSR count). The van der Waals surface area contributed by atoms with E-state index in [0.29, 0.717) is 10.2 Å². The largest absolute Gasteiger partial charge is 0.457 e. The molecule has 2 aromatic rings. The van der Waals surface area contributed by atoms with Crippen molar-refractivity contribution in [1.82, 2.24) is 0 Å². The molecule has 19 heavy (non-hydrogen) atoms. The summed E-state index contributed by atoms with van der Waals surface area (Å²) in [4.78, 5) is 0. The smallest absolute Gasteiger partial charge is 0.174 e. The number of aliphatic hydroxyl groups excluding tert-OH is 1. The Morgan fingerprint density at radius 1 is 1.26 bits per heavy atom. The first-order chi connectivity index (χ1) is 9.04. The number of benzene rings is 1. The Hall–Kier alpha value is -1.24. The predicted molar refractivity (Wildman–Crippen MR) is 69.5 cm³/mol. The highest BCUT2D eigenvalue weighted by atomic mass is 79.9. The molecular weight excluding hydrogens is 320 g/mol. The lowest BCUT2D eigenvalue weighted by molar-refractivity contribution is 0.144. The van der Waals surface area contributed by atoms with E-state index in [9.17, 15) is 13.9 Å². The Labute approximate surface area is 117 Å². The summed E-state index contributed by atoms with van der Waals surface area (Å²) in [5, 5.41) is 10.3. The van der Waals surface area contributed by atoms with E-state index in [0.717, 1.165) is 12.1 Å². The van der Waals surface area contributed by atoms with Gasteiger partial charge in [-0.2, -0.15) is 0 Å². The van der Waals surface area contributed by atoms with E-state index in [1.807, 2.05) is 0 Å². The molecule has 6 heteroatoms. The minimum absolute atomic E-state index is 0.0152. The summed E-state index contributed by atoms with van der Waals surface area (Å²) < 4.78 is 32.0. The van der Waals surface area contributed by atoms with Crippen LogP contribution in [0.1, 0.15) is 23.1 Å². The summed E-state index contributed by atoms with van der Waals surface area (Å²) in [6, 6.07) is 4.77. The second kappa shape index (κ2) is 5.81. The van der Waals surface area contributed by atoms with Crippen molar-refractivity contribution in [2.24, 2.45) is 5.73 Å². The highest BCUT2D eigenvalue weighted by Crippen LogP contribution is 2.35. The van der Waals surface area contributed by atoms with Crippen LogP contribution in [0, 0.1) is 11.6 Å². The summed E-state index contributed by atoms with van der Waals surface area (Å²) in [7, 11) is 0. The van der Waals surface area contributed by atoms with E-state index >= 15 is 0 Å². The van der Waals surface area contributed by atoms with E-state index in [1.54, 1.807) is 6.07 Å². The number of nitrogens with two attached hydrogens (primary N) is 1. The fourth-order valence-corrected chi connectivity index (χ4v) is 2.44. The Balaban J connectivity index is 2.37. The minimum atomic E-state index is -1.04. The van der Waals surface area contributed by atoms with E-state index in [2.05, 4.69) is 15.9 Å². The Kier molecular flexibility index (Phi) is 4.34. The van der Waals surface area contributed by atoms with Crippen LogP contribution in [0.15, 0.2) is 39.6 Å². The van der Waals surface area contributed by atoms with Gasteiger partial charge < -0.3 is 15.3 Å². The molecule has 1 aromatic carbocycles. The van der Waals surface area contributed by atoms with Gasteiger partial charge in [0.2, 0.25) is 0 Å². The van der Waals surface area contributed by atoms with Gasteiger partial charge in [0.1, 0.15) is 11.6 Å². The average Bonchev–Trinajstić information content (AvgIpc) is 2.78. The maximum Gasteiger partial charge on any atom is 0.174 e. The molecule has 0 amide bonds. The lowest BCUT2D eigenvalue weighted by Crippen LogP contribution is -2.21. The zero-order valence-corrected chi connectivity index (χ0v) is 11.4. The number of hydrogen-bond donors (Lipinski definition) is 2. The van der Waals surface area contributed by atoms with Gasteiger partial charge in [0.15, 0.2) is 4.67 Å². The van der Waals surface area contributed by atoms with Gasteiger partial charge >= 0.3 is 0 Å². The average molecular weight is 332 g/mol. The quantitative estimate of drug-likeness (QED) is 0.905. The summed E-state index contributed by atoms with van der Waals surface area (Å²) in [6.45, 7) is 0.0152. The molecule has 1 heterocycles. The maximum atomic E-state index is 13.7. The first-order valence-corrected chi connectivity index (χ1v) is 6.40. The molecule has 0 aliphatic rings. The molecule has 102 valence electrons. The van der Waals surface area contributed by atoms with Crippen LogP contribution in [0.2, 0.25) is 0 Å². The van der Waals surface area contributed by atoms with Crippen molar-refractivity contribution in [1.29, 1.82) is 0 Å². The summed E-state index contributed by atoms with van der Waals surface area (Å²) in [5.41, 5.74) is 6.24. The first-order valence-electron chi connectivity index (χ1n) is 5.60. The van der Waals surface area contributed by atoms with Crippen molar-refractivity contribution in [2.45, 2.75) is 12.0 Å². The molecule has 0 radical (unpaired) electrons. The summed E-state index contributed by atoms with van der Waals surface area (Å²) in [5.74, 6) is -2.08. The molecule has 1 aromatic heterocycles. The van der Waals surface area contributed by atoms with Gasteiger partial charge in [-0.25, -0.2) is 8.78 Å². The van der Waals surface area contributed by atoms with Crippen LogP contribution >= 0.6 is 15.9 Å². The van der Waals surface area contributed by atoms with E-state index in [4.69, 9.17) is 10.2 Å². The van der Waals surface area contributed by atoms with E-state index in [1.165, 1.54) is 12.3 Å². The fraction of sp³-hybridized carbons (Fsp3) is 0.231. The van der Waals surface area contributed by atoms with Crippen molar-refractivity contribution >= 4 is 15.9 Å². The highest BCUT2D eigenvalue weighted by Gasteiger charge is 2.27. The topological polar surface area (TPSA) is 59.4 Å².